The van der Waals surface area contributed by atoms with Crippen LogP contribution in [0.15, 0.2) is 24.3 Å². The van der Waals surface area contributed by atoms with Crippen LogP contribution in [0.25, 0.3) is 0 Å². The quantitative estimate of drug-likeness (QED) is 0.552. The summed E-state index contributed by atoms with van der Waals surface area (Å²) < 4.78 is 54.4. The third kappa shape index (κ3) is 5.42. The van der Waals surface area contributed by atoms with Crippen LogP contribution in [0.1, 0.15) is 19.3 Å². The Hall–Kier alpha value is -1.25. The molecule has 0 aromatic heterocycles. The van der Waals surface area contributed by atoms with E-state index in [2.05, 4.69) is 0 Å². The maximum absolute atomic E-state index is 13.0. The van der Waals surface area contributed by atoms with Crippen LogP contribution < -0.4 is 9.47 Å². The molecule has 158 valence electrons. The molecule has 0 bridgehead atoms. The number of rotatable bonds is 8. The Balaban J connectivity index is 1.54. The van der Waals surface area contributed by atoms with E-state index in [0.717, 1.165) is 0 Å². The standard InChI is InChI=1S/C18H25F2O7P/c1-25-12-2-4-13(5-3-12)26-17-16(22)15(21)8-14(27-17)6-7-28(23,24)10-11-9-18(11,19)20/h2-5,11,14-17,21-22H,6-10H2,1H3,(H,23,24). The Kier molecular flexibility index (Phi) is 6.32. The highest BCUT2D eigenvalue weighted by Gasteiger charge is 2.58. The van der Waals surface area contributed by atoms with Gasteiger partial charge in [-0.25, -0.2) is 8.78 Å². The van der Waals surface area contributed by atoms with E-state index in [9.17, 15) is 28.5 Å². The maximum atomic E-state index is 13.0. The number of hydrogen-bond acceptors (Lipinski definition) is 6. The minimum Gasteiger partial charge on any atom is -0.497 e. The van der Waals surface area contributed by atoms with Crippen molar-refractivity contribution in [1.29, 1.82) is 0 Å². The smallest absolute Gasteiger partial charge is 0.252 e. The molecule has 1 aliphatic carbocycles. The van der Waals surface area contributed by atoms with Crippen molar-refractivity contribution in [2.45, 2.75) is 49.8 Å². The maximum Gasteiger partial charge on any atom is 0.252 e. The fourth-order valence-corrected chi connectivity index (χ4v) is 5.20. The van der Waals surface area contributed by atoms with Gasteiger partial charge < -0.3 is 29.3 Å². The average molecular weight is 422 g/mol. The van der Waals surface area contributed by atoms with Gasteiger partial charge in [0.1, 0.15) is 17.6 Å². The molecule has 3 N–H and O–H groups in total. The molecule has 1 aromatic rings. The summed E-state index contributed by atoms with van der Waals surface area (Å²) in [6.45, 7) is 0. The second-order valence-corrected chi connectivity index (χ2v) is 9.92. The first-order valence-electron chi connectivity index (χ1n) is 9.10. The first-order chi connectivity index (χ1) is 13.1. The number of alkyl halides is 2. The molecular weight excluding hydrogens is 397 g/mol. The summed E-state index contributed by atoms with van der Waals surface area (Å²) in [6, 6.07) is 6.55. The molecule has 0 amide bonds. The number of halogens is 2. The highest BCUT2D eigenvalue weighted by Crippen LogP contribution is 2.57. The number of benzene rings is 1. The zero-order valence-corrected chi connectivity index (χ0v) is 16.3. The molecule has 1 heterocycles. The summed E-state index contributed by atoms with van der Waals surface area (Å²) in [7, 11) is -2.20. The van der Waals surface area contributed by atoms with Crippen molar-refractivity contribution in [2.24, 2.45) is 5.92 Å². The van der Waals surface area contributed by atoms with Gasteiger partial charge >= 0.3 is 0 Å². The van der Waals surface area contributed by atoms with Gasteiger partial charge in [-0.2, -0.15) is 0 Å². The molecule has 28 heavy (non-hydrogen) atoms. The van der Waals surface area contributed by atoms with Crippen LogP contribution in [0.5, 0.6) is 11.5 Å². The average Bonchev–Trinajstić information content (AvgIpc) is 3.23. The van der Waals surface area contributed by atoms with E-state index in [1.54, 1.807) is 24.3 Å². The van der Waals surface area contributed by atoms with Gasteiger partial charge in [0.25, 0.3) is 5.92 Å². The van der Waals surface area contributed by atoms with Crippen LogP contribution in [0.3, 0.4) is 0 Å². The van der Waals surface area contributed by atoms with Crippen LogP contribution >= 0.6 is 7.37 Å². The van der Waals surface area contributed by atoms with Gasteiger partial charge in [-0.05, 0) is 30.7 Å². The molecule has 6 atom stereocenters. The van der Waals surface area contributed by atoms with Crippen LogP contribution in [0.4, 0.5) is 8.78 Å². The van der Waals surface area contributed by atoms with Crippen molar-refractivity contribution < 1.29 is 42.7 Å². The van der Waals surface area contributed by atoms with Crippen molar-refractivity contribution in [2.75, 3.05) is 19.4 Å². The SMILES string of the molecule is COc1ccc(OC2OC(CCP(=O)(O)CC3CC3(F)F)CC(O)C2O)cc1. The summed E-state index contributed by atoms with van der Waals surface area (Å²) in [5.74, 6) is -2.86. The Morgan fingerprint density at radius 1 is 1.25 bits per heavy atom. The minimum absolute atomic E-state index is 0.0588. The Labute approximate surface area is 161 Å². The Bertz CT molecular complexity index is 714. The van der Waals surface area contributed by atoms with Crippen molar-refractivity contribution >= 4 is 7.37 Å². The van der Waals surface area contributed by atoms with E-state index in [1.165, 1.54) is 7.11 Å². The largest absolute Gasteiger partial charge is 0.497 e. The van der Waals surface area contributed by atoms with Crippen LogP contribution in [0, 0.1) is 5.92 Å². The van der Waals surface area contributed by atoms with Crippen molar-refractivity contribution in [1.82, 2.24) is 0 Å². The first kappa shape index (κ1) is 21.5. The van der Waals surface area contributed by atoms with E-state index in [0.29, 0.717) is 11.5 Å². The highest BCUT2D eigenvalue weighted by atomic mass is 31.2. The number of ether oxygens (including phenoxy) is 3. The number of hydrogen-bond donors (Lipinski definition) is 3. The molecule has 2 fully saturated rings. The lowest BCUT2D eigenvalue weighted by Crippen LogP contribution is -2.51. The molecule has 1 saturated heterocycles. The molecular formula is C18H25F2O7P. The van der Waals surface area contributed by atoms with Gasteiger partial charge in [-0.3, -0.25) is 4.57 Å². The molecule has 1 aromatic carbocycles. The monoisotopic (exact) mass is 422 g/mol. The summed E-state index contributed by atoms with van der Waals surface area (Å²) in [4.78, 5) is 9.97. The third-order valence-corrected chi connectivity index (χ3v) is 7.05. The van der Waals surface area contributed by atoms with Gasteiger partial charge in [0.05, 0.1) is 19.3 Å². The third-order valence-electron chi connectivity index (χ3n) is 5.08. The number of aliphatic hydroxyl groups excluding tert-OH is 2. The molecule has 1 aliphatic heterocycles. The predicted octanol–water partition coefficient (Wildman–Crippen LogP) is 2.23. The Morgan fingerprint density at radius 2 is 1.86 bits per heavy atom. The minimum atomic E-state index is -3.72. The van der Waals surface area contributed by atoms with Gasteiger partial charge in [-0.15, -0.1) is 0 Å². The van der Waals surface area contributed by atoms with Crippen molar-refractivity contribution in [3.63, 3.8) is 0 Å². The molecule has 7 nitrogen and oxygen atoms in total. The van der Waals surface area contributed by atoms with Gasteiger partial charge in [0.15, 0.2) is 0 Å². The molecule has 2 aliphatic rings. The zero-order chi connectivity index (χ0) is 20.5. The number of aliphatic hydroxyl groups is 2. The summed E-state index contributed by atoms with van der Waals surface area (Å²) in [5.41, 5.74) is 0. The lowest BCUT2D eigenvalue weighted by atomic mass is 10.0. The van der Waals surface area contributed by atoms with Gasteiger partial charge in [0, 0.05) is 31.1 Å². The lowest BCUT2D eigenvalue weighted by molar-refractivity contribution is -0.235. The summed E-state index contributed by atoms with van der Waals surface area (Å²) in [5, 5.41) is 20.2. The predicted molar refractivity (Wildman–Crippen MR) is 96.1 cm³/mol. The normalized spacial score (nSPS) is 33.7. The lowest BCUT2D eigenvalue weighted by Gasteiger charge is -2.37. The molecule has 0 spiro atoms. The van der Waals surface area contributed by atoms with Gasteiger partial charge in [-0.1, -0.05) is 0 Å². The summed E-state index contributed by atoms with van der Waals surface area (Å²) in [6.07, 6.45) is -5.01. The molecule has 1 saturated carbocycles. The molecule has 3 rings (SSSR count). The second-order valence-electron chi connectivity index (χ2n) is 7.42. The molecule has 6 unspecified atom stereocenters. The molecule has 10 heteroatoms. The van der Waals surface area contributed by atoms with E-state index < -0.39 is 50.0 Å². The summed E-state index contributed by atoms with van der Waals surface area (Å²) >= 11 is 0. The van der Waals surface area contributed by atoms with E-state index in [1.807, 2.05) is 0 Å². The van der Waals surface area contributed by atoms with Crippen LogP contribution in [0.2, 0.25) is 0 Å². The van der Waals surface area contributed by atoms with E-state index >= 15 is 0 Å². The second kappa shape index (κ2) is 8.24. The van der Waals surface area contributed by atoms with Crippen LogP contribution in [-0.2, 0) is 9.30 Å². The fourth-order valence-electron chi connectivity index (χ4n) is 3.24. The zero-order valence-electron chi connectivity index (χ0n) is 15.4. The topological polar surface area (TPSA) is 105 Å². The van der Waals surface area contributed by atoms with Crippen molar-refractivity contribution in [3.05, 3.63) is 24.3 Å². The Morgan fingerprint density at radius 3 is 2.43 bits per heavy atom. The van der Waals surface area contributed by atoms with E-state index in [4.69, 9.17) is 14.2 Å². The van der Waals surface area contributed by atoms with E-state index in [-0.39, 0.29) is 25.4 Å². The van der Waals surface area contributed by atoms with Crippen molar-refractivity contribution in [3.8, 4) is 11.5 Å². The molecule has 0 radical (unpaired) electrons. The number of methoxy groups -OCH3 is 1. The van der Waals surface area contributed by atoms with Crippen LogP contribution in [-0.4, -0.2) is 65.1 Å². The van der Waals surface area contributed by atoms with Gasteiger partial charge in [0.2, 0.25) is 13.7 Å². The first-order valence-corrected chi connectivity index (χ1v) is 11.1. The fraction of sp³-hybridized carbons (Fsp3) is 0.667. The highest BCUT2D eigenvalue weighted by molar-refractivity contribution is 7.58.